The summed E-state index contributed by atoms with van der Waals surface area (Å²) in [5.74, 6) is 0. The van der Waals surface area contributed by atoms with Crippen LogP contribution in [-0.4, -0.2) is 20.0 Å². The Bertz CT molecular complexity index is 173. The Balaban J connectivity index is 3.81. The standard InChI is InChI=1S/C11H25NOSi/c1-6-8-9-11(7-2)12-13-10-14(3,4)5/h6-10H2,1-5H3/b12-11-. The average Bonchev–Trinajstić information content (AvgIpc) is 2.09. The van der Waals surface area contributed by atoms with Crippen molar-refractivity contribution in [3.05, 3.63) is 0 Å². The Kier molecular flexibility index (Phi) is 6.88. The van der Waals surface area contributed by atoms with E-state index in [1.807, 2.05) is 0 Å². The van der Waals surface area contributed by atoms with Crippen molar-refractivity contribution in [2.45, 2.75) is 59.2 Å². The Morgan fingerprint density at radius 1 is 1.21 bits per heavy atom. The van der Waals surface area contributed by atoms with Gasteiger partial charge in [-0.05, 0) is 19.3 Å². The number of unbranched alkanes of at least 4 members (excludes halogenated alkanes) is 1. The van der Waals surface area contributed by atoms with Crippen molar-refractivity contribution in [2.24, 2.45) is 5.16 Å². The SMILES string of the molecule is CCCC/C(CC)=N\OC[Si](C)(C)C. The highest BCUT2D eigenvalue weighted by atomic mass is 28.3. The van der Waals surface area contributed by atoms with Crippen LogP contribution in [0.1, 0.15) is 39.5 Å². The molecule has 0 aromatic carbocycles. The van der Waals surface area contributed by atoms with E-state index >= 15 is 0 Å². The van der Waals surface area contributed by atoms with Crippen LogP contribution in [0.25, 0.3) is 0 Å². The van der Waals surface area contributed by atoms with Crippen LogP contribution >= 0.6 is 0 Å². The third-order valence-corrected chi connectivity index (χ3v) is 2.91. The second-order valence-electron chi connectivity index (χ2n) is 4.95. The van der Waals surface area contributed by atoms with E-state index in [1.165, 1.54) is 18.6 Å². The zero-order valence-corrected chi connectivity index (χ0v) is 11.4. The fraction of sp³-hybridized carbons (Fsp3) is 0.909. The molecule has 84 valence electrons. The van der Waals surface area contributed by atoms with Crippen molar-refractivity contribution < 1.29 is 4.84 Å². The van der Waals surface area contributed by atoms with Gasteiger partial charge in [-0.25, -0.2) is 0 Å². The molecule has 0 bridgehead atoms. The average molecular weight is 215 g/mol. The molecule has 0 aromatic rings. The quantitative estimate of drug-likeness (QED) is 0.359. The van der Waals surface area contributed by atoms with Crippen LogP contribution in [0.15, 0.2) is 5.16 Å². The topological polar surface area (TPSA) is 21.6 Å². The van der Waals surface area contributed by atoms with Gasteiger partial charge in [0.2, 0.25) is 0 Å². The van der Waals surface area contributed by atoms with Gasteiger partial charge in [-0.3, -0.25) is 0 Å². The third-order valence-electron chi connectivity index (χ3n) is 1.92. The van der Waals surface area contributed by atoms with Crippen molar-refractivity contribution in [1.82, 2.24) is 0 Å². The second-order valence-corrected chi connectivity index (χ2v) is 10.4. The maximum absolute atomic E-state index is 5.40. The van der Waals surface area contributed by atoms with Crippen LogP contribution in [0.2, 0.25) is 19.6 Å². The van der Waals surface area contributed by atoms with Gasteiger partial charge in [0, 0.05) is 0 Å². The van der Waals surface area contributed by atoms with E-state index in [4.69, 9.17) is 4.84 Å². The summed E-state index contributed by atoms with van der Waals surface area (Å²) in [5, 5.41) is 4.22. The molecule has 2 nitrogen and oxygen atoms in total. The Morgan fingerprint density at radius 3 is 2.29 bits per heavy atom. The first-order chi connectivity index (χ1) is 6.49. The van der Waals surface area contributed by atoms with Gasteiger partial charge in [0.05, 0.1) is 13.8 Å². The summed E-state index contributed by atoms with van der Waals surface area (Å²) in [6.45, 7) is 11.2. The summed E-state index contributed by atoms with van der Waals surface area (Å²) >= 11 is 0. The molecule has 0 aliphatic rings. The molecular formula is C11H25NOSi. The Hall–Kier alpha value is -0.313. The highest BCUT2D eigenvalue weighted by molar-refractivity contribution is 6.76. The lowest BCUT2D eigenvalue weighted by atomic mass is 10.1. The molecule has 0 spiro atoms. The minimum atomic E-state index is -1.10. The largest absolute Gasteiger partial charge is 0.400 e. The molecule has 14 heavy (non-hydrogen) atoms. The van der Waals surface area contributed by atoms with Crippen molar-refractivity contribution >= 4 is 13.8 Å². The van der Waals surface area contributed by atoms with Gasteiger partial charge in [-0.15, -0.1) is 0 Å². The normalized spacial score (nSPS) is 13.1. The highest BCUT2D eigenvalue weighted by Crippen LogP contribution is 2.04. The number of nitrogens with zero attached hydrogens (tertiary/aromatic N) is 1. The van der Waals surface area contributed by atoms with Crippen LogP contribution in [0.4, 0.5) is 0 Å². The van der Waals surface area contributed by atoms with E-state index in [0.717, 1.165) is 19.1 Å². The molecule has 0 aliphatic heterocycles. The summed E-state index contributed by atoms with van der Waals surface area (Å²) in [6, 6.07) is 0. The zero-order valence-electron chi connectivity index (χ0n) is 10.4. The van der Waals surface area contributed by atoms with E-state index in [9.17, 15) is 0 Å². The molecule has 0 unspecified atom stereocenters. The van der Waals surface area contributed by atoms with Gasteiger partial charge in [0.1, 0.15) is 6.23 Å². The van der Waals surface area contributed by atoms with E-state index in [0.29, 0.717) is 0 Å². The minimum absolute atomic E-state index is 0.836. The van der Waals surface area contributed by atoms with Gasteiger partial charge in [0.15, 0.2) is 0 Å². The molecule has 0 amide bonds. The third kappa shape index (κ3) is 8.29. The molecule has 0 aromatic heterocycles. The number of oxime groups is 1. The lowest BCUT2D eigenvalue weighted by molar-refractivity contribution is 0.184. The highest BCUT2D eigenvalue weighted by Gasteiger charge is 2.13. The van der Waals surface area contributed by atoms with E-state index in [-0.39, 0.29) is 0 Å². The van der Waals surface area contributed by atoms with Crippen LogP contribution in [0.3, 0.4) is 0 Å². The van der Waals surface area contributed by atoms with Gasteiger partial charge >= 0.3 is 0 Å². The van der Waals surface area contributed by atoms with E-state index < -0.39 is 8.07 Å². The number of hydrogen-bond donors (Lipinski definition) is 0. The lowest BCUT2D eigenvalue weighted by Crippen LogP contribution is -2.27. The maximum Gasteiger partial charge on any atom is 0.105 e. The first-order valence-corrected chi connectivity index (χ1v) is 9.38. The molecule has 0 aliphatic carbocycles. The maximum atomic E-state index is 5.40. The fourth-order valence-corrected chi connectivity index (χ4v) is 1.44. The van der Waals surface area contributed by atoms with E-state index in [2.05, 4.69) is 38.6 Å². The van der Waals surface area contributed by atoms with Crippen molar-refractivity contribution in [3.63, 3.8) is 0 Å². The molecule has 0 saturated carbocycles. The molecule has 3 heteroatoms. The summed E-state index contributed by atoms with van der Waals surface area (Å²) in [6.07, 6.45) is 5.41. The van der Waals surface area contributed by atoms with Gasteiger partial charge in [-0.2, -0.15) is 0 Å². The molecule has 0 radical (unpaired) electrons. The summed E-state index contributed by atoms with van der Waals surface area (Å²) in [5.41, 5.74) is 1.21. The predicted octanol–water partition coefficient (Wildman–Crippen LogP) is 3.84. The smallest absolute Gasteiger partial charge is 0.105 e. The van der Waals surface area contributed by atoms with E-state index in [1.54, 1.807) is 0 Å². The first kappa shape index (κ1) is 13.7. The number of hydrogen-bond acceptors (Lipinski definition) is 2. The van der Waals surface area contributed by atoms with Crippen LogP contribution in [0, 0.1) is 0 Å². The molecule has 0 rings (SSSR count). The molecule has 0 saturated heterocycles. The van der Waals surface area contributed by atoms with Crippen molar-refractivity contribution in [2.75, 3.05) is 6.23 Å². The second kappa shape index (κ2) is 7.04. The summed E-state index contributed by atoms with van der Waals surface area (Å²) in [4.78, 5) is 5.40. The Morgan fingerprint density at radius 2 is 1.86 bits per heavy atom. The van der Waals surface area contributed by atoms with Crippen LogP contribution in [-0.2, 0) is 4.84 Å². The lowest BCUT2D eigenvalue weighted by Gasteiger charge is -2.13. The zero-order chi connectivity index (χ0) is 11.0. The summed E-state index contributed by atoms with van der Waals surface area (Å²) < 4.78 is 0. The predicted molar refractivity (Wildman–Crippen MR) is 66.5 cm³/mol. The molecule has 0 atom stereocenters. The van der Waals surface area contributed by atoms with Crippen molar-refractivity contribution in [1.29, 1.82) is 0 Å². The van der Waals surface area contributed by atoms with Crippen LogP contribution < -0.4 is 0 Å². The number of rotatable bonds is 7. The van der Waals surface area contributed by atoms with Crippen molar-refractivity contribution in [3.8, 4) is 0 Å². The molecular weight excluding hydrogens is 190 g/mol. The Labute approximate surface area is 89.7 Å². The minimum Gasteiger partial charge on any atom is -0.400 e. The molecule has 0 N–H and O–H groups in total. The molecule has 0 heterocycles. The van der Waals surface area contributed by atoms with Crippen LogP contribution in [0.5, 0.6) is 0 Å². The van der Waals surface area contributed by atoms with Gasteiger partial charge < -0.3 is 4.84 Å². The van der Waals surface area contributed by atoms with Gasteiger partial charge in [-0.1, -0.05) is 45.1 Å². The van der Waals surface area contributed by atoms with Gasteiger partial charge in [0.25, 0.3) is 0 Å². The fourth-order valence-electron chi connectivity index (χ4n) is 0.985. The first-order valence-electron chi connectivity index (χ1n) is 5.67. The molecule has 0 fully saturated rings. The monoisotopic (exact) mass is 215 g/mol. The summed E-state index contributed by atoms with van der Waals surface area (Å²) in [7, 11) is -1.10.